The van der Waals surface area contributed by atoms with Gasteiger partial charge in [0.15, 0.2) is 0 Å². The summed E-state index contributed by atoms with van der Waals surface area (Å²) in [4.78, 5) is 11.7. The Bertz CT molecular complexity index is 273. The Balaban J connectivity index is 0.000000293. The minimum atomic E-state index is -0.0689. The zero-order chi connectivity index (χ0) is 12.4. The number of carbonyl (C=O) groups is 1. The SMILES string of the molecule is CC[NH+](CC)CC.O=Cc1ccc([O-])cc1. The van der Waals surface area contributed by atoms with E-state index in [0.717, 1.165) is 0 Å². The fourth-order valence-electron chi connectivity index (χ4n) is 1.30. The third-order valence-electron chi connectivity index (χ3n) is 2.52. The molecule has 16 heavy (non-hydrogen) atoms. The maximum absolute atomic E-state index is 10.4. The largest absolute Gasteiger partial charge is 0.872 e. The molecule has 0 saturated heterocycles. The summed E-state index contributed by atoms with van der Waals surface area (Å²) < 4.78 is 0. The van der Waals surface area contributed by atoms with Crippen molar-refractivity contribution >= 4 is 6.29 Å². The molecule has 0 aliphatic rings. The van der Waals surface area contributed by atoms with Crippen LogP contribution in [0.5, 0.6) is 5.75 Å². The molecule has 0 heterocycles. The van der Waals surface area contributed by atoms with E-state index in [1.807, 2.05) is 0 Å². The molecular formula is C13H21NO2. The zero-order valence-electron chi connectivity index (χ0n) is 10.3. The van der Waals surface area contributed by atoms with Crippen LogP contribution < -0.4 is 10.0 Å². The first kappa shape index (κ1) is 14.6. The van der Waals surface area contributed by atoms with E-state index in [1.165, 1.54) is 43.9 Å². The van der Waals surface area contributed by atoms with Crippen molar-refractivity contribution in [3.05, 3.63) is 29.8 Å². The minimum Gasteiger partial charge on any atom is -0.872 e. The molecule has 1 aromatic rings. The molecule has 0 aliphatic heterocycles. The van der Waals surface area contributed by atoms with Gasteiger partial charge < -0.3 is 10.0 Å². The van der Waals surface area contributed by atoms with E-state index in [-0.39, 0.29) is 5.75 Å². The van der Waals surface area contributed by atoms with Crippen LogP contribution in [0.1, 0.15) is 31.1 Å². The Hall–Kier alpha value is -1.35. The molecule has 0 aromatic heterocycles. The highest BCUT2D eigenvalue weighted by Crippen LogP contribution is 2.03. The van der Waals surface area contributed by atoms with E-state index < -0.39 is 0 Å². The highest BCUT2D eigenvalue weighted by atomic mass is 16.3. The van der Waals surface area contributed by atoms with Crippen LogP contribution in [-0.2, 0) is 0 Å². The average molecular weight is 223 g/mol. The standard InChI is InChI=1S/C7H6O2.C6H15N/c8-5-6-1-3-7(9)4-2-6;1-4-7(5-2)6-3/h1-5,9H;4-6H2,1-3H3. The highest BCUT2D eigenvalue weighted by molar-refractivity contribution is 5.74. The smallest absolute Gasteiger partial charge is 0.150 e. The molecule has 0 bridgehead atoms. The second-order valence-electron chi connectivity index (χ2n) is 3.50. The van der Waals surface area contributed by atoms with E-state index in [4.69, 9.17) is 0 Å². The van der Waals surface area contributed by atoms with Crippen LogP contribution in [-0.4, -0.2) is 25.9 Å². The molecule has 1 aromatic carbocycles. The Morgan fingerprint density at radius 1 is 1.06 bits per heavy atom. The zero-order valence-corrected chi connectivity index (χ0v) is 10.3. The molecular weight excluding hydrogens is 202 g/mol. The molecule has 1 N–H and O–H groups in total. The predicted octanol–water partition coefficient (Wildman–Crippen LogP) is 0.504. The van der Waals surface area contributed by atoms with Crippen LogP contribution in [0.25, 0.3) is 0 Å². The maximum atomic E-state index is 10.4. The molecule has 0 atom stereocenters. The van der Waals surface area contributed by atoms with Crippen LogP contribution in [0.15, 0.2) is 24.3 Å². The lowest BCUT2D eigenvalue weighted by Gasteiger charge is -2.10. The summed E-state index contributed by atoms with van der Waals surface area (Å²) in [5.41, 5.74) is 0.537. The maximum Gasteiger partial charge on any atom is 0.150 e. The predicted molar refractivity (Wildman–Crippen MR) is 63.9 cm³/mol. The van der Waals surface area contributed by atoms with Gasteiger partial charge in [-0.2, -0.15) is 0 Å². The number of benzene rings is 1. The third kappa shape index (κ3) is 6.19. The fraction of sp³-hybridized carbons (Fsp3) is 0.462. The number of hydrogen-bond acceptors (Lipinski definition) is 2. The number of carbonyl (C=O) groups excluding carboxylic acids is 1. The molecule has 0 spiro atoms. The van der Waals surface area contributed by atoms with Gasteiger partial charge in [-0.05, 0) is 20.8 Å². The summed E-state index contributed by atoms with van der Waals surface area (Å²) in [7, 11) is 0. The summed E-state index contributed by atoms with van der Waals surface area (Å²) in [6, 6.07) is 5.72. The van der Waals surface area contributed by atoms with Crippen molar-refractivity contribution in [3.8, 4) is 5.75 Å². The molecule has 0 saturated carbocycles. The van der Waals surface area contributed by atoms with Crippen LogP contribution in [0.3, 0.4) is 0 Å². The first-order valence-corrected chi connectivity index (χ1v) is 5.73. The Morgan fingerprint density at radius 2 is 1.50 bits per heavy atom. The number of quaternary nitrogens is 1. The van der Waals surface area contributed by atoms with Gasteiger partial charge in [-0.1, -0.05) is 24.3 Å². The van der Waals surface area contributed by atoms with Crippen molar-refractivity contribution in [2.24, 2.45) is 0 Å². The van der Waals surface area contributed by atoms with Crippen molar-refractivity contribution in [2.45, 2.75) is 20.8 Å². The van der Waals surface area contributed by atoms with Gasteiger partial charge in [0.2, 0.25) is 0 Å². The van der Waals surface area contributed by atoms with Crippen LogP contribution in [0, 0.1) is 0 Å². The Labute approximate surface area is 97.7 Å². The van der Waals surface area contributed by atoms with Crippen molar-refractivity contribution in [1.29, 1.82) is 0 Å². The minimum absolute atomic E-state index is 0.0689. The average Bonchev–Trinajstić information content (AvgIpc) is 2.33. The van der Waals surface area contributed by atoms with Gasteiger partial charge in [-0.15, -0.1) is 5.75 Å². The number of nitrogens with one attached hydrogen (secondary N) is 1. The van der Waals surface area contributed by atoms with Crippen LogP contribution in [0.4, 0.5) is 0 Å². The summed E-state index contributed by atoms with van der Waals surface area (Å²) in [6.07, 6.45) is 0.708. The molecule has 0 unspecified atom stereocenters. The van der Waals surface area contributed by atoms with Gasteiger partial charge in [0.1, 0.15) is 6.29 Å². The number of rotatable bonds is 4. The van der Waals surface area contributed by atoms with E-state index in [1.54, 1.807) is 4.90 Å². The van der Waals surface area contributed by atoms with Gasteiger partial charge in [-0.3, -0.25) is 4.79 Å². The third-order valence-corrected chi connectivity index (χ3v) is 2.52. The molecule has 3 heteroatoms. The van der Waals surface area contributed by atoms with E-state index in [2.05, 4.69) is 20.8 Å². The van der Waals surface area contributed by atoms with Crippen molar-refractivity contribution in [1.82, 2.24) is 0 Å². The monoisotopic (exact) mass is 223 g/mol. The molecule has 0 amide bonds. The lowest BCUT2D eigenvalue weighted by atomic mass is 10.2. The van der Waals surface area contributed by atoms with Crippen LogP contribution >= 0.6 is 0 Å². The van der Waals surface area contributed by atoms with Gasteiger partial charge in [0.25, 0.3) is 0 Å². The molecule has 1 rings (SSSR count). The second-order valence-corrected chi connectivity index (χ2v) is 3.50. The van der Waals surface area contributed by atoms with Crippen molar-refractivity contribution < 1.29 is 14.8 Å². The first-order chi connectivity index (χ1) is 7.67. The molecule has 3 nitrogen and oxygen atoms in total. The van der Waals surface area contributed by atoms with Crippen LogP contribution in [0.2, 0.25) is 0 Å². The molecule has 0 aliphatic carbocycles. The number of aldehydes is 1. The molecule has 90 valence electrons. The van der Waals surface area contributed by atoms with E-state index in [0.29, 0.717) is 11.8 Å². The second kappa shape index (κ2) is 8.92. The van der Waals surface area contributed by atoms with Gasteiger partial charge in [0.05, 0.1) is 19.6 Å². The summed E-state index contributed by atoms with van der Waals surface area (Å²) in [6.45, 7) is 10.5. The topological polar surface area (TPSA) is 44.6 Å². The van der Waals surface area contributed by atoms with Gasteiger partial charge in [0, 0.05) is 5.56 Å². The Morgan fingerprint density at radius 3 is 1.75 bits per heavy atom. The normalized spacial score (nSPS) is 9.50. The van der Waals surface area contributed by atoms with E-state index >= 15 is 0 Å². The summed E-state index contributed by atoms with van der Waals surface area (Å²) in [5.74, 6) is -0.0689. The van der Waals surface area contributed by atoms with E-state index in [9.17, 15) is 9.90 Å². The fourth-order valence-corrected chi connectivity index (χ4v) is 1.30. The number of hydrogen-bond donors (Lipinski definition) is 1. The van der Waals surface area contributed by atoms with Crippen molar-refractivity contribution in [2.75, 3.05) is 19.6 Å². The molecule has 0 radical (unpaired) electrons. The quantitative estimate of drug-likeness (QED) is 0.756. The van der Waals surface area contributed by atoms with Gasteiger partial charge in [-0.25, -0.2) is 0 Å². The lowest BCUT2D eigenvalue weighted by molar-refractivity contribution is -0.894. The summed E-state index contributed by atoms with van der Waals surface area (Å²) in [5, 5.41) is 10.4. The lowest BCUT2D eigenvalue weighted by Crippen LogP contribution is -3.11. The van der Waals surface area contributed by atoms with Gasteiger partial charge >= 0.3 is 0 Å². The first-order valence-electron chi connectivity index (χ1n) is 5.73. The van der Waals surface area contributed by atoms with Crippen molar-refractivity contribution in [3.63, 3.8) is 0 Å². The summed E-state index contributed by atoms with van der Waals surface area (Å²) >= 11 is 0. The Kier molecular flexibility index (Phi) is 8.17. The molecule has 0 fully saturated rings. The highest BCUT2D eigenvalue weighted by Gasteiger charge is 1.92.